The normalized spacial score (nSPS) is 15.9. The van der Waals surface area contributed by atoms with Gasteiger partial charge in [-0.2, -0.15) is 0 Å². The van der Waals surface area contributed by atoms with Crippen molar-refractivity contribution in [2.45, 2.75) is 18.8 Å². The van der Waals surface area contributed by atoms with Crippen LogP contribution in [-0.4, -0.2) is 34.7 Å². The number of amides is 1. The summed E-state index contributed by atoms with van der Waals surface area (Å²) >= 11 is 0. The first kappa shape index (κ1) is 18.1. The van der Waals surface area contributed by atoms with Gasteiger partial charge in [-0.1, -0.05) is 42.5 Å². The SMILES string of the molecule is O=C1c2ccccc2-c2ccc(C(=O)N3CCC(c4nc5ccccc5o4)CC3)cc21. The maximum absolute atomic E-state index is 13.1. The molecule has 5 nitrogen and oxygen atoms in total. The summed E-state index contributed by atoms with van der Waals surface area (Å²) in [5.74, 6) is 0.944. The lowest BCUT2D eigenvalue weighted by Crippen LogP contribution is -2.38. The van der Waals surface area contributed by atoms with Crippen molar-refractivity contribution >= 4 is 22.8 Å². The minimum Gasteiger partial charge on any atom is -0.440 e. The molecular weight excluding hydrogens is 388 g/mol. The van der Waals surface area contributed by atoms with Crippen LogP contribution in [0.15, 0.2) is 71.1 Å². The number of benzene rings is 3. The van der Waals surface area contributed by atoms with Crippen LogP contribution in [0.2, 0.25) is 0 Å². The fourth-order valence-corrected chi connectivity index (χ4v) is 4.74. The van der Waals surface area contributed by atoms with Gasteiger partial charge < -0.3 is 9.32 Å². The Bertz CT molecular complexity index is 1310. The zero-order valence-corrected chi connectivity index (χ0v) is 16.9. The van der Waals surface area contributed by atoms with E-state index in [9.17, 15) is 9.59 Å². The molecule has 1 aliphatic carbocycles. The van der Waals surface area contributed by atoms with E-state index in [4.69, 9.17) is 4.42 Å². The van der Waals surface area contributed by atoms with Crippen molar-refractivity contribution in [1.29, 1.82) is 0 Å². The first-order chi connectivity index (χ1) is 15.2. The highest BCUT2D eigenvalue weighted by molar-refractivity contribution is 6.22. The first-order valence-electron chi connectivity index (χ1n) is 10.6. The molecule has 1 amide bonds. The number of aromatic nitrogens is 1. The Balaban J connectivity index is 1.19. The van der Waals surface area contributed by atoms with E-state index in [0.29, 0.717) is 29.8 Å². The van der Waals surface area contributed by atoms with Crippen molar-refractivity contribution in [2.24, 2.45) is 0 Å². The van der Waals surface area contributed by atoms with Gasteiger partial charge in [-0.05, 0) is 48.2 Å². The second kappa shape index (κ2) is 6.91. The van der Waals surface area contributed by atoms with E-state index < -0.39 is 0 Å². The van der Waals surface area contributed by atoms with Crippen molar-refractivity contribution in [1.82, 2.24) is 9.88 Å². The molecule has 5 heteroatoms. The minimum absolute atomic E-state index is 0.00471. The average molecular weight is 408 g/mol. The lowest BCUT2D eigenvalue weighted by Gasteiger charge is -2.30. The maximum Gasteiger partial charge on any atom is 0.253 e. The summed E-state index contributed by atoms with van der Waals surface area (Å²) in [6.45, 7) is 1.29. The summed E-state index contributed by atoms with van der Waals surface area (Å²) < 4.78 is 5.93. The van der Waals surface area contributed by atoms with E-state index in [2.05, 4.69) is 4.98 Å². The third-order valence-corrected chi connectivity index (χ3v) is 6.41. The molecule has 6 rings (SSSR count). The summed E-state index contributed by atoms with van der Waals surface area (Å²) in [7, 11) is 0. The van der Waals surface area contributed by atoms with E-state index in [-0.39, 0.29) is 17.6 Å². The van der Waals surface area contributed by atoms with Crippen LogP contribution >= 0.6 is 0 Å². The van der Waals surface area contributed by atoms with E-state index >= 15 is 0 Å². The summed E-state index contributed by atoms with van der Waals surface area (Å²) in [5, 5.41) is 0. The van der Waals surface area contributed by atoms with E-state index in [0.717, 1.165) is 41.0 Å². The molecule has 152 valence electrons. The Morgan fingerprint density at radius 3 is 2.39 bits per heavy atom. The molecule has 4 aromatic rings. The van der Waals surface area contributed by atoms with Gasteiger partial charge in [0.1, 0.15) is 5.52 Å². The molecule has 2 heterocycles. The quantitative estimate of drug-likeness (QED) is 0.410. The van der Waals surface area contributed by atoms with Crippen LogP contribution in [0.5, 0.6) is 0 Å². The Morgan fingerprint density at radius 2 is 1.58 bits per heavy atom. The van der Waals surface area contributed by atoms with Crippen molar-refractivity contribution in [3.05, 3.63) is 89.3 Å². The molecule has 1 fully saturated rings. The number of ketones is 1. The molecule has 2 aliphatic rings. The molecule has 1 aromatic heterocycles. The van der Waals surface area contributed by atoms with Crippen LogP contribution in [0, 0.1) is 0 Å². The Morgan fingerprint density at radius 1 is 0.871 bits per heavy atom. The summed E-state index contributed by atoms with van der Waals surface area (Å²) in [5.41, 5.74) is 5.43. The van der Waals surface area contributed by atoms with Crippen LogP contribution in [0.4, 0.5) is 0 Å². The molecule has 0 saturated carbocycles. The number of oxazole rings is 1. The number of para-hydroxylation sites is 2. The molecule has 0 radical (unpaired) electrons. The van der Waals surface area contributed by atoms with Gasteiger partial charge in [0.25, 0.3) is 5.91 Å². The number of hydrogen-bond donors (Lipinski definition) is 0. The number of nitrogens with zero attached hydrogens (tertiary/aromatic N) is 2. The van der Waals surface area contributed by atoms with Crippen LogP contribution < -0.4 is 0 Å². The smallest absolute Gasteiger partial charge is 0.253 e. The monoisotopic (exact) mass is 408 g/mol. The third kappa shape index (κ3) is 2.88. The molecule has 1 saturated heterocycles. The number of carbonyl (C=O) groups excluding carboxylic acids is 2. The molecule has 0 bridgehead atoms. The number of hydrogen-bond acceptors (Lipinski definition) is 4. The number of fused-ring (bicyclic) bond motifs is 4. The lowest BCUT2D eigenvalue weighted by atomic mass is 9.95. The maximum atomic E-state index is 13.1. The molecular formula is C26H20N2O3. The third-order valence-electron chi connectivity index (χ3n) is 6.41. The summed E-state index contributed by atoms with van der Waals surface area (Å²) in [6.07, 6.45) is 1.63. The fraction of sp³-hybridized carbons (Fsp3) is 0.192. The second-order valence-electron chi connectivity index (χ2n) is 8.22. The van der Waals surface area contributed by atoms with Crippen LogP contribution in [0.1, 0.15) is 50.9 Å². The van der Waals surface area contributed by atoms with Crippen molar-refractivity contribution in [3.63, 3.8) is 0 Å². The van der Waals surface area contributed by atoms with Crippen LogP contribution in [-0.2, 0) is 0 Å². The lowest BCUT2D eigenvalue weighted by molar-refractivity contribution is 0.0706. The predicted octanol–water partition coefficient (Wildman–Crippen LogP) is 5.06. The summed E-state index contributed by atoms with van der Waals surface area (Å²) in [6, 6.07) is 20.9. The van der Waals surface area contributed by atoms with Gasteiger partial charge in [-0.15, -0.1) is 0 Å². The van der Waals surface area contributed by atoms with Crippen molar-refractivity contribution in [2.75, 3.05) is 13.1 Å². The largest absolute Gasteiger partial charge is 0.440 e. The van der Waals surface area contributed by atoms with Gasteiger partial charge in [0, 0.05) is 35.7 Å². The molecule has 1 aliphatic heterocycles. The Kier molecular flexibility index (Phi) is 4.03. The molecule has 0 N–H and O–H groups in total. The van der Waals surface area contributed by atoms with Crippen LogP contribution in [0.3, 0.4) is 0 Å². The standard InChI is InChI=1S/C26H20N2O3/c29-24-20-6-2-1-5-18(20)19-10-9-17(15-21(19)24)26(30)28-13-11-16(12-14-28)25-27-22-7-3-4-8-23(22)31-25/h1-10,15-16H,11-14H2. The van der Waals surface area contributed by atoms with Gasteiger partial charge >= 0.3 is 0 Å². The predicted molar refractivity (Wildman–Crippen MR) is 117 cm³/mol. The number of rotatable bonds is 2. The zero-order valence-electron chi connectivity index (χ0n) is 16.9. The van der Waals surface area contributed by atoms with E-state index in [1.54, 1.807) is 6.07 Å². The second-order valence-corrected chi connectivity index (χ2v) is 8.22. The van der Waals surface area contributed by atoms with E-state index in [1.807, 2.05) is 65.6 Å². The number of carbonyl (C=O) groups is 2. The number of likely N-dealkylation sites (tertiary alicyclic amines) is 1. The molecule has 3 aromatic carbocycles. The highest BCUT2D eigenvalue weighted by Crippen LogP contribution is 2.37. The fourth-order valence-electron chi connectivity index (χ4n) is 4.74. The highest BCUT2D eigenvalue weighted by atomic mass is 16.3. The summed E-state index contributed by atoms with van der Waals surface area (Å²) in [4.78, 5) is 32.4. The van der Waals surface area contributed by atoms with E-state index in [1.165, 1.54) is 0 Å². The minimum atomic E-state index is -0.0254. The molecule has 31 heavy (non-hydrogen) atoms. The average Bonchev–Trinajstić information content (AvgIpc) is 3.38. The van der Waals surface area contributed by atoms with Gasteiger partial charge in [0.2, 0.25) is 0 Å². The van der Waals surface area contributed by atoms with Gasteiger partial charge in [-0.25, -0.2) is 4.98 Å². The Hall–Kier alpha value is -3.73. The Labute approximate surface area is 179 Å². The molecule has 0 unspecified atom stereocenters. The topological polar surface area (TPSA) is 63.4 Å². The van der Waals surface area contributed by atoms with Gasteiger partial charge in [0.05, 0.1) is 0 Å². The van der Waals surface area contributed by atoms with Crippen LogP contribution in [0.25, 0.3) is 22.2 Å². The van der Waals surface area contributed by atoms with Crippen molar-refractivity contribution in [3.8, 4) is 11.1 Å². The van der Waals surface area contributed by atoms with Gasteiger partial charge in [0.15, 0.2) is 17.3 Å². The first-order valence-corrected chi connectivity index (χ1v) is 10.6. The van der Waals surface area contributed by atoms with Gasteiger partial charge in [-0.3, -0.25) is 9.59 Å². The zero-order chi connectivity index (χ0) is 20.9. The van der Waals surface area contributed by atoms with Crippen molar-refractivity contribution < 1.29 is 14.0 Å². The molecule has 0 spiro atoms. The number of piperidine rings is 1. The molecule has 0 atom stereocenters. The highest BCUT2D eigenvalue weighted by Gasteiger charge is 2.30.